The number of halogens is 3. The van der Waals surface area contributed by atoms with E-state index in [9.17, 15) is 18.0 Å². The van der Waals surface area contributed by atoms with Gasteiger partial charge in [-0.2, -0.15) is 13.2 Å². The van der Waals surface area contributed by atoms with Gasteiger partial charge >= 0.3 is 12.1 Å². The molecule has 0 aliphatic heterocycles. The fourth-order valence-electron chi connectivity index (χ4n) is 1.01. The molecule has 0 saturated heterocycles. The van der Waals surface area contributed by atoms with Gasteiger partial charge in [0.2, 0.25) is 0 Å². The third-order valence-corrected chi connectivity index (χ3v) is 2.06. The fourth-order valence-corrected chi connectivity index (χ4v) is 1.01. The lowest BCUT2D eigenvalue weighted by Gasteiger charge is -2.06. The Bertz CT molecular complexity index is 190. The summed E-state index contributed by atoms with van der Waals surface area (Å²) in [6.07, 6.45) is -3.82. The highest BCUT2D eigenvalue weighted by molar-refractivity contribution is 5.81. The van der Waals surface area contributed by atoms with Crippen LogP contribution in [0.15, 0.2) is 0 Å². The van der Waals surface area contributed by atoms with Crippen LogP contribution in [0.25, 0.3) is 0 Å². The Morgan fingerprint density at radius 2 is 2.08 bits per heavy atom. The summed E-state index contributed by atoms with van der Waals surface area (Å²) in [7, 11) is 0. The average Bonchev–Trinajstić information content (AvgIpc) is 2.59. The molecule has 0 aromatic carbocycles. The number of hydrogen-bond acceptors (Lipinski definition) is 1. The molecule has 1 rings (SSSR count). The molecule has 0 spiro atoms. The van der Waals surface area contributed by atoms with E-state index in [1.165, 1.54) is 0 Å². The van der Waals surface area contributed by atoms with E-state index in [1.807, 2.05) is 12.2 Å². The topological polar surface area (TPSA) is 29.1 Å². The van der Waals surface area contributed by atoms with E-state index in [1.54, 1.807) is 0 Å². The van der Waals surface area contributed by atoms with Crippen LogP contribution in [0.3, 0.4) is 0 Å². The van der Waals surface area contributed by atoms with Gasteiger partial charge in [0.25, 0.3) is 0 Å². The minimum Gasteiger partial charge on any atom is -0.348 e. The molecule has 0 aromatic heterocycles. The van der Waals surface area contributed by atoms with Crippen molar-refractivity contribution in [2.75, 3.05) is 6.54 Å². The summed E-state index contributed by atoms with van der Waals surface area (Å²) in [5.74, 6) is -1.13. The van der Waals surface area contributed by atoms with Gasteiger partial charge in [0.05, 0.1) is 0 Å². The molecule has 12 heavy (non-hydrogen) atoms. The summed E-state index contributed by atoms with van der Waals surface area (Å²) in [5, 5.41) is 1.85. The van der Waals surface area contributed by atoms with Crippen molar-refractivity contribution in [1.29, 1.82) is 0 Å². The highest BCUT2D eigenvalue weighted by atomic mass is 19.4. The summed E-state index contributed by atoms with van der Waals surface area (Å²) in [4.78, 5) is 10.3. The van der Waals surface area contributed by atoms with Crippen molar-refractivity contribution < 1.29 is 18.0 Å². The van der Waals surface area contributed by atoms with E-state index >= 15 is 0 Å². The molecule has 1 fully saturated rings. The molecule has 0 radical (unpaired) electrons. The molecule has 0 aromatic rings. The van der Waals surface area contributed by atoms with Crippen molar-refractivity contribution >= 4 is 5.91 Å². The maximum absolute atomic E-state index is 11.6. The second-order valence-electron chi connectivity index (χ2n) is 3.18. The van der Waals surface area contributed by atoms with Crippen LogP contribution < -0.4 is 5.32 Å². The van der Waals surface area contributed by atoms with Crippen molar-refractivity contribution in [3.05, 3.63) is 0 Å². The molecule has 5 heteroatoms. The zero-order valence-corrected chi connectivity index (χ0v) is 6.61. The van der Waals surface area contributed by atoms with Gasteiger partial charge < -0.3 is 5.32 Å². The fraction of sp³-hybridized carbons (Fsp3) is 0.857. The Morgan fingerprint density at radius 3 is 2.42 bits per heavy atom. The number of carbonyl (C=O) groups excluding carboxylic acids is 1. The summed E-state index contributed by atoms with van der Waals surface area (Å²) < 4.78 is 34.8. The molecular formula is C7H10F3NO. The van der Waals surface area contributed by atoms with Crippen molar-refractivity contribution in [3.8, 4) is 0 Å². The van der Waals surface area contributed by atoms with E-state index in [0.29, 0.717) is 5.92 Å². The Labute approximate surface area is 68.1 Å². The predicted molar refractivity (Wildman–Crippen MR) is 36.3 cm³/mol. The van der Waals surface area contributed by atoms with Gasteiger partial charge in [0.15, 0.2) is 0 Å². The number of alkyl halides is 3. The Balaban J connectivity index is 2.19. The molecule has 0 heterocycles. The number of hydrogen-bond donors (Lipinski definition) is 1. The van der Waals surface area contributed by atoms with Crippen molar-refractivity contribution in [1.82, 2.24) is 5.32 Å². The van der Waals surface area contributed by atoms with Crippen molar-refractivity contribution in [2.24, 2.45) is 11.8 Å². The van der Waals surface area contributed by atoms with Gasteiger partial charge in [-0.3, -0.25) is 4.79 Å². The van der Waals surface area contributed by atoms with Crippen molar-refractivity contribution in [3.63, 3.8) is 0 Å². The third-order valence-electron chi connectivity index (χ3n) is 2.06. The van der Waals surface area contributed by atoms with Gasteiger partial charge in [-0.05, 0) is 18.3 Å². The molecule has 2 nitrogen and oxygen atoms in total. The second-order valence-corrected chi connectivity index (χ2v) is 3.18. The smallest absolute Gasteiger partial charge is 0.348 e. The van der Waals surface area contributed by atoms with Gasteiger partial charge in [0, 0.05) is 6.54 Å². The Hall–Kier alpha value is -0.740. The molecular weight excluding hydrogens is 171 g/mol. The highest BCUT2D eigenvalue weighted by Gasteiger charge is 2.40. The zero-order valence-electron chi connectivity index (χ0n) is 6.61. The van der Waals surface area contributed by atoms with E-state index in [4.69, 9.17) is 0 Å². The first kappa shape index (κ1) is 9.35. The minimum atomic E-state index is -4.74. The lowest BCUT2D eigenvalue weighted by atomic mass is 10.3. The number of amides is 1. The van der Waals surface area contributed by atoms with Crippen LogP contribution in [-0.2, 0) is 4.79 Å². The Kier molecular flexibility index (Phi) is 2.30. The first-order valence-electron chi connectivity index (χ1n) is 3.76. The predicted octanol–water partition coefficient (Wildman–Crippen LogP) is 1.32. The van der Waals surface area contributed by atoms with Crippen molar-refractivity contribution in [2.45, 2.75) is 19.5 Å². The van der Waals surface area contributed by atoms with E-state index < -0.39 is 12.1 Å². The molecule has 1 N–H and O–H groups in total. The molecule has 1 aliphatic carbocycles. The summed E-state index contributed by atoms with van der Waals surface area (Å²) in [6, 6.07) is 0. The zero-order chi connectivity index (χ0) is 9.35. The largest absolute Gasteiger partial charge is 0.471 e. The summed E-state index contributed by atoms with van der Waals surface area (Å²) in [6.45, 7) is 2.10. The van der Waals surface area contributed by atoms with Crippen LogP contribution in [0.5, 0.6) is 0 Å². The maximum Gasteiger partial charge on any atom is 0.471 e. The first-order chi connectivity index (χ1) is 5.41. The van der Waals surface area contributed by atoms with Crippen LogP contribution in [0.1, 0.15) is 13.3 Å². The lowest BCUT2D eigenvalue weighted by molar-refractivity contribution is -0.173. The maximum atomic E-state index is 11.6. The van der Waals surface area contributed by atoms with E-state index in [-0.39, 0.29) is 12.5 Å². The van der Waals surface area contributed by atoms with Gasteiger partial charge in [-0.1, -0.05) is 6.92 Å². The lowest BCUT2D eigenvalue weighted by Crippen LogP contribution is -2.37. The van der Waals surface area contributed by atoms with Crippen LogP contribution in [-0.4, -0.2) is 18.6 Å². The standard InChI is InChI=1S/C7H10F3NO/c1-4-2-5(4)3-11-6(12)7(8,9)10/h4-5H,2-3H2,1H3,(H,11,12). The van der Waals surface area contributed by atoms with Crippen LogP contribution >= 0.6 is 0 Å². The summed E-state index contributed by atoms with van der Waals surface area (Å²) >= 11 is 0. The average molecular weight is 181 g/mol. The minimum absolute atomic E-state index is 0.152. The highest BCUT2D eigenvalue weighted by Crippen LogP contribution is 2.36. The monoisotopic (exact) mass is 181 g/mol. The van der Waals surface area contributed by atoms with Gasteiger partial charge in [-0.15, -0.1) is 0 Å². The molecule has 2 atom stereocenters. The first-order valence-corrected chi connectivity index (χ1v) is 3.76. The molecule has 1 saturated carbocycles. The quantitative estimate of drug-likeness (QED) is 0.683. The SMILES string of the molecule is CC1CC1CNC(=O)C(F)(F)F. The summed E-state index contributed by atoms with van der Waals surface area (Å²) in [5.41, 5.74) is 0. The van der Waals surface area contributed by atoms with E-state index in [2.05, 4.69) is 0 Å². The normalized spacial score (nSPS) is 28.3. The molecule has 1 aliphatic rings. The molecule has 0 bridgehead atoms. The number of nitrogens with one attached hydrogen (secondary N) is 1. The van der Waals surface area contributed by atoms with Crippen LogP contribution in [0, 0.1) is 11.8 Å². The molecule has 70 valence electrons. The molecule has 1 amide bonds. The van der Waals surface area contributed by atoms with Crippen LogP contribution in [0.2, 0.25) is 0 Å². The molecule has 2 unspecified atom stereocenters. The second kappa shape index (κ2) is 2.95. The Morgan fingerprint density at radius 1 is 1.58 bits per heavy atom. The van der Waals surface area contributed by atoms with Gasteiger partial charge in [-0.25, -0.2) is 0 Å². The van der Waals surface area contributed by atoms with Gasteiger partial charge in [0.1, 0.15) is 0 Å². The number of carbonyl (C=O) groups is 1. The van der Waals surface area contributed by atoms with Crippen LogP contribution in [0.4, 0.5) is 13.2 Å². The van der Waals surface area contributed by atoms with E-state index in [0.717, 1.165) is 6.42 Å². The third kappa shape index (κ3) is 2.39. The number of rotatable bonds is 2.